The van der Waals surface area contributed by atoms with E-state index < -0.39 is 11.6 Å². The van der Waals surface area contributed by atoms with E-state index in [0.717, 1.165) is 48.9 Å². The molecular formula is C22H24F2N8. The van der Waals surface area contributed by atoms with Crippen LogP contribution in [-0.4, -0.2) is 61.4 Å². The quantitative estimate of drug-likeness (QED) is 0.670. The van der Waals surface area contributed by atoms with Crippen LogP contribution in [0.1, 0.15) is 31.2 Å². The predicted molar refractivity (Wildman–Crippen MR) is 116 cm³/mol. The van der Waals surface area contributed by atoms with Crippen LogP contribution >= 0.6 is 0 Å². The fourth-order valence-corrected chi connectivity index (χ4v) is 4.34. The molecule has 0 atom stereocenters. The molecule has 0 amide bonds. The molecule has 2 aromatic heterocycles. The van der Waals surface area contributed by atoms with E-state index in [-0.39, 0.29) is 17.3 Å². The second kappa shape index (κ2) is 8.71. The Bertz CT molecular complexity index is 1150. The number of halogens is 2. The van der Waals surface area contributed by atoms with E-state index >= 15 is 0 Å². The zero-order valence-electron chi connectivity index (χ0n) is 17.6. The Morgan fingerprint density at radius 1 is 1.00 bits per heavy atom. The number of benzene rings is 1. The summed E-state index contributed by atoms with van der Waals surface area (Å²) in [7, 11) is 0. The van der Waals surface area contributed by atoms with E-state index in [0.29, 0.717) is 5.56 Å². The molecule has 2 aliphatic heterocycles. The van der Waals surface area contributed by atoms with Gasteiger partial charge < -0.3 is 5.73 Å². The summed E-state index contributed by atoms with van der Waals surface area (Å²) in [6, 6.07) is 5.72. The first kappa shape index (κ1) is 20.7. The molecule has 1 fully saturated rings. The average Bonchev–Trinajstić information content (AvgIpc) is 3.31. The van der Waals surface area contributed by atoms with Gasteiger partial charge in [0.2, 0.25) is 0 Å². The molecule has 1 saturated heterocycles. The third-order valence-corrected chi connectivity index (χ3v) is 6.08. The number of tetrazole rings is 1. The van der Waals surface area contributed by atoms with Crippen molar-refractivity contribution in [2.75, 3.05) is 31.9 Å². The smallest absolute Gasteiger partial charge is 0.190 e. The molecule has 0 spiro atoms. The highest BCUT2D eigenvalue weighted by Gasteiger charge is 2.23. The third-order valence-electron chi connectivity index (χ3n) is 6.08. The van der Waals surface area contributed by atoms with Gasteiger partial charge in [-0.2, -0.15) is 4.68 Å². The summed E-state index contributed by atoms with van der Waals surface area (Å²) < 4.78 is 29.3. The van der Waals surface area contributed by atoms with Crippen molar-refractivity contribution in [3.63, 3.8) is 0 Å². The molecule has 0 radical (unpaired) electrons. The highest BCUT2D eigenvalue weighted by molar-refractivity contribution is 5.76. The van der Waals surface area contributed by atoms with Crippen molar-refractivity contribution in [2.45, 2.75) is 25.7 Å². The van der Waals surface area contributed by atoms with Crippen molar-refractivity contribution in [1.82, 2.24) is 35.2 Å². The lowest BCUT2D eigenvalue weighted by Crippen LogP contribution is -2.47. The molecule has 2 aliphatic rings. The van der Waals surface area contributed by atoms with Crippen molar-refractivity contribution in [2.24, 2.45) is 0 Å². The monoisotopic (exact) mass is 438 g/mol. The number of anilines is 1. The molecule has 0 unspecified atom stereocenters. The highest BCUT2D eigenvalue weighted by atomic mass is 19.2. The maximum atomic E-state index is 14.4. The van der Waals surface area contributed by atoms with E-state index in [1.807, 2.05) is 6.07 Å². The minimum absolute atomic E-state index is 0.0936. The van der Waals surface area contributed by atoms with Crippen LogP contribution in [0.5, 0.6) is 0 Å². The van der Waals surface area contributed by atoms with Gasteiger partial charge in [0.25, 0.3) is 0 Å². The minimum Gasteiger partial charge on any atom is -0.383 e. The fraction of sp³-hybridized carbons (Fsp3) is 0.364. The molecule has 5 rings (SSSR count). The number of hydrogen-bond donors (Lipinski definition) is 1. The van der Waals surface area contributed by atoms with E-state index in [9.17, 15) is 8.78 Å². The third kappa shape index (κ3) is 3.87. The van der Waals surface area contributed by atoms with Crippen molar-refractivity contribution < 1.29 is 8.78 Å². The SMILES string of the molecule is Nc1ncc(C2=CCN(N3CCCCC3)CC2)cc1-c1nnnn1-c1cccc(F)c1F. The van der Waals surface area contributed by atoms with Gasteiger partial charge in [0.05, 0.1) is 5.56 Å². The van der Waals surface area contributed by atoms with E-state index in [1.54, 1.807) is 6.20 Å². The summed E-state index contributed by atoms with van der Waals surface area (Å²) in [4.78, 5) is 4.33. The lowest BCUT2D eigenvalue weighted by atomic mass is 9.99. The molecule has 2 N–H and O–H groups in total. The van der Waals surface area contributed by atoms with Crippen molar-refractivity contribution >= 4 is 11.4 Å². The first-order valence-corrected chi connectivity index (χ1v) is 10.8. The molecule has 166 valence electrons. The molecule has 1 aromatic carbocycles. The van der Waals surface area contributed by atoms with Crippen LogP contribution in [0.25, 0.3) is 22.6 Å². The summed E-state index contributed by atoms with van der Waals surface area (Å²) in [6.07, 6.45) is 8.63. The van der Waals surface area contributed by atoms with Gasteiger partial charge in [-0.05, 0) is 59.0 Å². The molecule has 0 bridgehead atoms. The molecule has 0 saturated carbocycles. The van der Waals surface area contributed by atoms with Crippen molar-refractivity contribution in [3.8, 4) is 17.1 Å². The van der Waals surface area contributed by atoms with Gasteiger partial charge in [0.1, 0.15) is 11.5 Å². The van der Waals surface area contributed by atoms with Crippen LogP contribution in [0.4, 0.5) is 14.6 Å². The molecule has 0 aliphatic carbocycles. The second-order valence-corrected chi connectivity index (χ2v) is 8.05. The van der Waals surface area contributed by atoms with Gasteiger partial charge in [0, 0.05) is 32.4 Å². The Hall–Kier alpha value is -3.24. The number of hydrazine groups is 1. The summed E-state index contributed by atoms with van der Waals surface area (Å²) in [5.74, 6) is -1.59. The standard InChI is InChI=1S/C22H24F2N8/c23-18-5-4-6-19(20(18)24)32-22(27-28-29-32)17-13-16(14-26-21(17)25)15-7-11-31(12-8-15)30-9-2-1-3-10-30/h4-7,13-14H,1-3,8-12H2,(H2,25,26). The second-order valence-electron chi connectivity index (χ2n) is 8.05. The largest absolute Gasteiger partial charge is 0.383 e. The summed E-state index contributed by atoms with van der Waals surface area (Å²) in [5.41, 5.74) is 8.58. The molecular weight excluding hydrogens is 414 g/mol. The zero-order valence-corrected chi connectivity index (χ0v) is 17.6. The maximum absolute atomic E-state index is 14.4. The molecule has 4 heterocycles. The Labute approximate surface area is 184 Å². The number of hydrogen-bond acceptors (Lipinski definition) is 7. The van der Waals surface area contributed by atoms with Gasteiger partial charge in [-0.3, -0.25) is 0 Å². The first-order chi connectivity index (χ1) is 15.6. The highest BCUT2D eigenvalue weighted by Crippen LogP contribution is 2.31. The molecule has 3 aromatic rings. The van der Waals surface area contributed by atoms with Gasteiger partial charge in [-0.15, -0.1) is 5.10 Å². The number of pyridine rings is 1. The number of piperidine rings is 1. The lowest BCUT2D eigenvalue weighted by Gasteiger charge is -2.39. The van der Waals surface area contributed by atoms with Crippen LogP contribution in [0.2, 0.25) is 0 Å². The van der Waals surface area contributed by atoms with Gasteiger partial charge >= 0.3 is 0 Å². The predicted octanol–water partition coefficient (Wildman–Crippen LogP) is 3.07. The zero-order chi connectivity index (χ0) is 22.1. The number of aromatic nitrogens is 5. The van der Waals surface area contributed by atoms with Gasteiger partial charge in [-0.1, -0.05) is 18.6 Å². The van der Waals surface area contributed by atoms with Gasteiger partial charge in [0.15, 0.2) is 17.5 Å². The Morgan fingerprint density at radius 2 is 1.84 bits per heavy atom. The normalized spacial score (nSPS) is 18.0. The van der Waals surface area contributed by atoms with Crippen molar-refractivity contribution in [1.29, 1.82) is 0 Å². The van der Waals surface area contributed by atoms with Crippen LogP contribution in [0.3, 0.4) is 0 Å². The molecule has 32 heavy (non-hydrogen) atoms. The van der Waals surface area contributed by atoms with Crippen LogP contribution in [0.15, 0.2) is 36.5 Å². The summed E-state index contributed by atoms with van der Waals surface area (Å²) in [5, 5.41) is 16.4. The Morgan fingerprint density at radius 3 is 2.62 bits per heavy atom. The number of nitrogens with zero attached hydrogens (tertiary/aromatic N) is 7. The van der Waals surface area contributed by atoms with Crippen LogP contribution in [0, 0.1) is 11.6 Å². The number of nitrogens with two attached hydrogens (primary N) is 1. The Kier molecular flexibility index (Phi) is 5.62. The van der Waals surface area contributed by atoms with E-state index in [2.05, 4.69) is 36.6 Å². The molecule has 8 nitrogen and oxygen atoms in total. The first-order valence-electron chi connectivity index (χ1n) is 10.8. The van der Waals surface area contributed by atoms with Crippen molar-refractivity contribution in [3.05, 3.63) is 53.7 Å². The lowest BCUT2D eigenvalue weighted by molar-refractivity contribution is -0.0304. The van der Waals surface area contributed by atoms with E-state index in [4.69, 9.17) is 5.73 Å². The Balaban J connectivity index is 1.44. The van der Waals surface area contributed by atoms with Gasteiger partial charge in [-0.25, -0.2) is 23.8 Å². The maximum Gasteiger partial charge on any atom is 0.190 e. The molecule has 10 heteroatoms. The minimum atomic E-state index is -1.03. The number of rotatable bonds is 4. The van der Waals surface area contributed by atoms with Crippen LogP contribution < -0.4 is 5.73 Å². The topological polar surface area (TPSA) is 89.0 Å². The van der Waals surface area contributed by atoms with E-state index in [1.165, 1.54) is 37.0 Å². The van der Waals surface area contributed by atoms with Crippen LogP contribution in [-0.2, 0) is 0 Å². The average molecular weight is 438 g/mol. The summed E-state index contributed by atoms with van der Waals surface area (Å²) in [6.45, 7) is 4.03. The summed E-state index contributed by atoms with van der Waals surface area (Å²) >= 11 is 0. The fourth-order valence-electron chi connectivity index (χ4n) is 4.34. The number of nitrogen functional groups attached to an aromatic ring is 1.